The van der Waals surface area contributed by atoms with E-state index in [0.717, 1.165) is 24.8 Å². The molecule has 0 atom stereocenters. The highest BCUT2D eigenvalue weighted by Gasteiger charge is 2.25. The average Bonchev–Trinajstić information content (AvgIpc) is 2.73. The third-order valence-corrected chi connectivity index (χ3v) is 6.67. The number of rotatable bonds is 7. The van der Waals surface area contributed by atoms with Crippen molar-refractivity contribution in [2.75, 3.05) is 19.7 Å². The van der Waals surface area contributed by atoms with E-state index in [1.807, 2.05) is 13.0 Å². The molecule has 0 spiro atoms. The molecular weight excluding hydrogens is 376 g/mol. The summed E-state index contributed by atoms with van der Waals surface area (Å²) in [6.45, 7) is 3.83. The minimum atomic E-state index is -3.44. The van der Waals surface area contributed by atoms with Crippen LogP contribution in [0, 0.1) is 0 Å². The van der Waals surface area contributed by atoms with Crippen LogP contribution in [0.1, 0.15) is 42.1 Å². The van der Waals surface area contributed by atoms with E-state index in [0.29, 0.717) is 42.4 Å². The maximum atomic E-state index is 12.7. The van der Waals surface area contributed by atoms with Crippen LogP contribution in [0.3, 0.4) is 0 Å². The summed E-state index contributed by atoms with van der Waals surface area (Å²) in [5.41, 5.74) is 1.31. The number of para-hydroxylation sites is 1. The second-order valence-corrected chi connectivity index (χ2v) is 8.66. The monoisotopic (exact) mass is 402 g/mol. The molecule has 0 radical (unpaired) electrons. The SMILES string of the molecule is CCOc1ccccc1C(=O)NCc1ccc(S(=O)(=O)N2CCCCC2)cc1. The van der Waals surface area contributed by atoms with Gasteiger partial charge in [-0.2, -0.15) is 4.31 Å². The molecule has 1 heterocycles. The first-order chi connectivity index (χ1) is 13.5. The molecule has 0 saturated carbocycles. The molecule has 3 rings (SSSR count). The highest BCUT2D eigenvalue weighted by molar-refractivity contribution is 7.89. The molecule has 1 fully saturated rings. The smallest absolute Gasteiger partial charge is 0.255 e. The Morgan fingerprint density at radius 1 is 1.04 bits per heavy atom. The number of amides is 1. The first-order valence-electron chi connectivity index (χ1n) is 9.61. The fourth-order valence-corrected chi connectivity index (χ4v) is 4.76. The first-order valence-corrected chi connectivity index (χ1v) is 11.1. The van der Waals surface area contributed by atoms with Crippen molar-refractivity contribution >= 4 is 15.9 Å². The van der Waals surface area contributed by atoms with Crippen LogP contribution in [0.25, 0.3) is 0 Å². The Kier molecular flexibility index (Phi) is 6.70. The Morgan fingerprint density at radius 3 is 2.39 bits per heavy atom. The Morgan fingerprint density at radius 2 is 1.71 bits per heavy atom. The van der Waals surface area contributed by atoms with Crippen LogP contribution in [0.4, 0.5) is 0 Å². The molecule has 1 saturated heterocycles. The Balaban J connectivity index is 1.64. The fraction of sp³-hybridized carbons (Fsp3) is 0.381. The molecule has 1 aliphatic rings. The molecule has 0 aliphatic carbocycles. The number of nitrogens with one attached hydrogen (secondary N) is 1. The lowest BCUT2D eigenvalue weighted by Crippen LogP contribution is -2.35. The second kappa shape index (κ2) is 9.21. The van der Waals surface area contributed by atoms with Gasteiger partial charge in [0.25, 0.3) is 5.91 Å². The van der Waals surface area contributed by atoms with Crippen molar-refractivity contribution in [2.24, 2.45) is 0 Å². The number of carbonyl (C=O) groups is 1. The predicted octanol–water partition coefficient (Wildman–Crippen LogP) is 3.19. The maximum Gasteiger partial charge on any atom is 0.255 e. The Hall–Kier alpha value is -2.38. The third-order valence-electron chi connectivity index (χ3n) is 4.76. The second-order valence-electron chi connectivity index (χ2n) is 6.72. The van der Waals surface area contributed by atoms with Crippen molar-refractivity contribution in [3.63, 3.8) is 0 Å². The molecule has 7 heteroatoms. The van der Waals surface area contributed by atoms with Crippen LogP contribution in [-0.2, 0) is 16.6 Å². The number of hydrogen-bond acceptors (Lipinski definition) is 4. The molecule has 2 aromatic rings. The number of piperidine rings is 1. The summed E-state index contributed by atoms with van der Waals surface area (Å²) in [5, 5.41) is 2.86. The molecule has 0 unspecified atom stereocenters. The maximum absolute atomic E-state index is 12.7. The number of hydrogen-bond donors (Lipinski definition) is 1. The lowest BCUT2D eigenvalue weighted by molar-refractivity contribution is 0.0947. The zero-order valence-corrected chi connectivity index (χ0v) is 16.9. The fourth-order valence-electron chi connectivity index (χ4n) is 3.25. The van der Waals surface area contributed by atoms with Gasteiger partial charge in [-0.05, 0) is 49.6 Å². The average molecular weight is 403 g/mol. The van der Waals surface area contributed by atoms with Gasteiger partial charge >= 0.3 is 0 Å². The summed E-state index contributed by atoms with van der Waals surface area (Å²) in [6, 6.07) is 13.8. The quantitative estimate of drug-likeness (QED) is 0.772. The van der Waals surface area contributed by atoms with E-state index < -0.39 is 10.0 Å². The highest BCUT2D eigenvalue weighted by atomic mass is 32.2. The number of carbonyl (C=O) groups excluding carboxylic acids is 1. The van der Waals surface area contributed by atoms with Crippen LogP contribution in [0.15, 0.2) is 53.4 Å². The van der Waals surface area contributed by atoms with E-state index in [2.05, 4.69) is 5.32 Å². The Bertz CT molecular complexity index is 904. The van der Waals surface area contributed by atoms with Crippen molar-refractivity contribution < 1.29 is 17.9 Å². The number of benzene rings is 2. The van der Waals surface area contributed by atoms with Gasteiger partial charge in [0.05, 0.1) is 17.1 Å². The molecule has 1 aliphatic heterocycles. The number of sulfonamides is 1. The van der Waals surface area contributed by atoms with Crippen LogP contribution in [0.5, 0.6) is 5.75 Å². The van der Waals surface area contributed by atoms with Crippen LogP contribution in [-0.4, -0.2) is 38.3 Å². The zero-order chi connectivity index (χ0) is 20.0. The van der Waals surface area contributed by atoms with Crippen molar-refractivity contribution in [1.29, 1.82) is 0 Å². The van der Waals surface area contributed by atoms with Gasteiger partial charge in [0, 0.05) is 19.6 Å². The molecule has 0 bridgehead atoms. The summed E-state index contributed by atoms with van der Waals surface area (Å²) < 4.78 is 32.4. The zero-order valence-electron chi connectivity index (χ0n) is 16.1. The predicted molar refractivity (Wildman–Crippen MR) is 108 cm³/mol. The minimum absolute atomic E-state index is 0.228. The Labute approximate surface area is 166 Å². The van der Waals surface area contributed by atoms with Gasteiger partial charge in [-0.15, -0.1) is 0 Å². The highest BCUT2D eigenvalue weighted by Crippen LogP contribution is 2.21. The molecular formula is C21H26N2O4S. The minimum Gasteiger partial charge on any atom is -0.493 e. The lowest BCUT2D eigenvalue weighted by atomic mass is 10.1. The van der Waals surface area contributed by atoms with Gasteiger partial charge < -0.3 is 10.1 Å². The molecule has 1 amide bonds. The van der Waals surface area contributed by atoms with E-state index in [9.17, 15) is 13.2 Å². The van der Waals surface area contributed by atoms with Gasteiger partial charge in [-0.1, -0.05) is 30.7 Å². The van der Waals surface area contributed by atoms with Gasteiger partial charge in [-0.3, -0.25) is 4.79 Å². The van der Waals surface area contributed by atoms with E-state index >= 15 is 0 Å². The van der Waals surface area contributed by atoms with E-state index in [4.69, 9.17) is 4.74 Å². The molecule has 150 valence electrons. The van der Waals surface area contributed by atoms with Gasteiger partial charge in [0.15, 0.2) is 0 Å². The first kappa shape index (κ1) is 20.4. The topological polar surface area (TPSA) is 75.7 Å². The molecule has 28 heavy (non-hydrogen) atoms. The summed E-state index contributed by atoms with van der Waals surface area (Å²) >= 11 is 0. The van der Waals surface area contributed by atoms with Crippen molar-refractivity contribution in [2.45, 2.75) is 37.6 Å². The third kappa shape index (κ3) is 4.72. The van der Waals surface area contributed by atoms with Crippen molar-refractivity contribution in [3.05, 3.63) is 59.7 Å². The lowest BCUT2D eigenvalue weighted by Gasteiger charge is -2.25. The molecule has 1 N–H and O–H groups in total. The van der Waals surface area contributed by atoms with Crippen molar-refractivity contribution in [1.82, 2.24) is 9.62 Å². The van der Waals surface area contributed by atoms with Crippen LogP contribution < -0.4 is 10.1 Å². The summed E-state index contributed by atoms with van der Waals surface area (Å²) in [5.74, 6) is 0.319. The van der Waals surface area contributed by atoms with E-state index in [1.54, 1.807) is 46.8 Å². The summed E-state index contributed by atoms with van der Waals surface area (Å²) in [4.78, 5) is 12.8. The van der Waals surface area contributed by atoms with Gasteiger partial charge in [0.1, 0.15) is 5.75 Å². The standard InChI is InChI=1S/C21H26N2O4S/c1-2-27-20-9-5-4-8-19(20)21(24)22-16-17-10-12-18(13-11-17)28(25,26)23-14-6-3-7-15-23/h4-5,8-13H,2-3,6-7,14-16H2,1H3,(H,22,24). The van der Waals surface area contributed by atoms with Gasteiger partial charge in [-0.25, -0.2) is 8.42 Å². The largest absolute Gasteiger partial charge is 0.493 e. The number of ether oxygens (including phenoxy) is 1. The summed E-state index contributed by atoms with van der Waals surface area (Å²) in [6.07, 6.45) is 2.90. The van der Waals surface area contributed by atoms with E-state index in [-0.39, 0.29) is 5.91 Å². The molecule has 6 nitrogen and oxygen atoms in total. The molecule has 2 aromatic carbocycles. The summed E-state index contributed by atoms with van der Waals surface area (Å²) in [7, 11) is -3.44. The molecule has 0 aromatic heterocycles. The normalized spacial score (nSPS) is 15.2. The van der Waals surface area contributed by atoms with Gasteiger partial charge in [0.2, 0.25) is 10.0 Å². The number of nitrogens with zero attached hydrogens (tertiary/aromatic N) is 1. The van der Waals surface area contributed by atoms with Crippen molar-refractivity contribution in [3.8, 4) is 5.75 Å². The van der Waals surface area contributed by atoms with Crippen LogP contribution >= 0.6 is 0 Å². The van der Waals surface area contributed by atoms with E-state index in [1.165, 1.54) is 0 Å². The van der Waals surface area contributed by atoms with Crippen LogP contribution in [0.2, 0.25) is 0 Å².